The molecule has 1 aromatic rings. The number of pyridine rings is 1. The Morgan fingerprint density at radius 3 is 2.93 bits per heavy atom. The van der Waals surface area contributed by atoms with E-state index in [2.05, 4.69) is 9.88 Å². The molecular weight excluding hydrogens is 178 g/mol. The van der Waals surface area contributed by atoms with Gasteiger partial charge in [-0.05, 0) is 19.1 Å². The molecule has 0 saturated carbocycles. The maximum atomic E-state index is 8.90. The molecule has 0 unspecified atom stereocenters. The maximum absolute atomic E-state index is 8.90. The van der Waals surface area contributed by atoms with Gasteiger partial charge in [0.2, 0.25) is 0 Å². The zero-order valence-electron chi connectivity index (χ0n) is 8.48. The second kappa shape index (κ2) is 5.57. The summed E-state index contributed by atoms with van der Waals surface area (Å²) in [5, 5.41) is 8.90. The number of aliphatic hydroxyl groups is 1. The molecule has 1 aromatic heterocycles. The summed E-state index contributed by atoms with van der Waals surface area (Å²) in [5.74, 6) is 0. The molecule has 0 spiro atoms. The highest BCUT2D eigenvalue weighted by molar-refractivity contribution is 5.50. The van der Waals surface area contributed by atoms with E-state index in [1.807, 2.05) is 19.1 Å². The topological polar surface area (TPSA) is 62.4 Å². The molecule has 0 aliphatic carbocycles. The third kappa shape index (κ3) is 2.43. The van der Waals surface area contributed by atoms with Crippen molar-refractivity contribution in [3.05, 3.63) is 24.0 Å². The molecule has 78 valence electrons. The minimum atomic E-state index is 0.146. The summed E-state index contributed by atoms with van der Waals surface area (Å²) in [6.07, 6.45) is 1.73. The van der Waals surface area contributed by atoms with Crippen LogP contribution in [0.4, 0.5) is 5.69 Å². The van der Waals surface area contributed by atoms with Crippen LogP contribution in [0.25, 0.3) is 0 Å². The van der Waals surface area contributed by atoms with Gasteiger partial charge in [0.1, 0.15) is 0 Å². The molecule has 0 amide bonds. The molecular formula is C10H17N3O. The average molecular weight is 195 g/mol. The fourth-order valence-corrected chi connectivity index (χ4v) is 1.44. The first kappa shape index (κ1) is 10.9. The van der Waals surface area contributed by atoms with Crippen LogP contribution in [0.1, 0.15) is 12.6 Å². The standard InChI is InChI=1S/C10H17N3O/c1-2-13(6-7-14)10-4-3-5-12-9(10)8-11/h3-5,14H,2,6-8,11H2,1H3. The number of aromatic nitrogens is 1. The van der Waals surface area contributed by atoms with Gasteiger partial charge in [0.25, 0.3) is 0 Å². The Hall–Kier alpha value is -1.13. The van der Waals surface area contributed by atoms with Crippen molar-refractivity contribution in [3.63, 3.8) is 0 Å². The van der Waals surface area contributed by atoms with E-state index in [9.17, 15) is 0 Å². The first-order valence-electron chi connectivity index (χ1n) is 4.83. The minimum absolute atomic E-state index is 0.146. The fraction of sp³-hybridized carbons (Fsp3) is 0.500. The van der Waals surface area contributed by atoms with Crippen molar-refractivity contribution in [2.75, 3.05) is 24.6 Å². The summed E-state index contributed by atoms with van der Waals surface area (Å²) < 4.78 is 0. The van der Waals surface area contributed by atoms with Gasteiger partial charge in [0.05, 0.1) is 18.0 Å². The Morgan fingerprint density at radius 1 is 1.57 bits per heavy atom. The number of nitrogens with two attached hydrogens (primary N) is 1. The summed E-state index contributed by atoms with van der Waals surface area (Å²) in [6, 6.07) is 3.86. The molecule has 0 atom stereocenters. The van der Waals surface area contributed by atoms with Gasteiger partial charge in [-0.1, -0.05) is 0 Å². The molecule has 0 radical (unpaired) electrons. The molecule has 4 nitrogen and oxygen atoms in total. The fourth-order valence-electron chi connectivity index (χ4n) is 1.44. The summed E-state index contributed by atoms with van der Waals surface area (Å²) >= 11 is 0. The largest absolute Gasteiger partial charge is 0.395 e. The van der Waals surface area contributed by atoms with Crippen LogP contribution in [-0.4, -0.2) is 29.8 Å². The normalized spacial score (nSPS) is 10.2. The van der Waals surface area contributed by atoms with Crippen LogP contribution in [0.15, 0.2) is 18.3 Å². The first-order valence-corrected chi connectivity index (χ1v) is 4.83. The van der Waals surface area contributed by atoms with Gasteiger partial charge in [-0.15, -0.1) is 0 Å². The molecule has 0 aliphatic rings. The Labute approximate surface area is 84.4 Å². The molecule has 0 bridgehead atoms. The average Bonchev–Trinajstić information content (AvgIpc) is 2.26. The third-order valence-corrected chi connectivity index (χ3v) is 2.15. The van der Waals surface area contributed by atoms with Crippen LogP contribution in [0, 0.1) is 0 Å². The van der Waals surface area contributed by atoms with Crippen molar-refractivity contribution >= 4 is 5.69 Å². The number of rotatable bonds is 5. The molecule has 4 heteroatoms. The maximum Gasteiger partial charge on any atom is 0.0772 e. The van der Waals surface area contributed by atoms with Crippen molar-refractivity contribution in [2.24, 2.45) is 5.73 Å². The monoisotopic (exact) mass is 195 g/mol. The lowest BCUT2D eigenvalue weighted by molar-refractivity contribution is 0.302. The number of likely N-dealkylation sites (N-methyl/N-ethyl adjacent to an activating group) is 1. The van der Waals surface area contributed by atoms with Crippen molar-refractivity contribution in [2.45, 2.75) is 13.5 Å². The third-order valence-electron chi connectivity index (χ3n) is 2.15. The lowest BCUT2D eigenvalue weighted by Crippen LogP contribution is -2.27. The van der Waals surface area contributed by atoms with Crippen molar-refractivity contribution in [3.8, 4) is 0 Å². The molecule has 3 N–H and O–H groups in total. The van der Waals surface area contributed by atoms with Crippen LogP contribution in [0.5, 0.6) is 0 Å². The van der Waals surface area contributed by atoms with E-state index in [4.69, 9.17) is 10.8 Å². The zero-order valence-corrected chi connectivity index (χ0v) is 8.48. The van der Waals surface area contributed by atoms with Crippen LogP contribution >= 0.6 is 0 Å². The predicted molar refractivity (Wildman–Crippen MR) is 57.1 cm³/mol. The smallest absolute Gasteiger partial charge is 0.0772 e. The highest BCUT2D eigenvalue weighted by Crippen LogP contribution is 2.16. The van der Waals surface area contributed by atoms with Crippen LogP contribution in [-0.2, 0) is 6.54 Å². The lowest BCUT2D eigenvalue weighted by Gasteiger charge is -2.23. The van der Waals surface area contributed by atoms with E-state index >= 15 is 0 Å². The van der Waals surface area contributed by atoms with E-state index in [-0.39, 0.29) is 6.61 Å². The Bertz CT molecular complexity index is 278. The molecule has 1 rings (SSSR count). The lowest BCUT2D eigenvalue weighted by atomic mass is 10.2. The summed E-state index contributed by atoms with van der Waals surface area (Å²) in [4.78, 5) is 6.26. The second-order valence-electron chi connectivity index (χ2n) is 2.98. The van der Waals surface area contributed by atoms with E-state index in [1.165, 1.54) is 0 Å². The summed E-state index contributed by atoms with van der Waals surface area (Å²) in [6.45, 7) is 4.09. The number of hydrogen-bond acceptors (Lipinski definition) is 4. The van der Waals surface area contributed by atoms with Gasteiger partial charge < -0.3 is 15.7 Å². The number of hydrogen-bond donors (Lipinski definition) is 2. The van der Waals surface area contributed by atoms with Crippen LogP contribution in [0.2, 0.25) is 0 Å². The highest BCUT2D eigenvalue weighted by Gasteiger charge is 2.08. The van der Waals surface area contributed by atoms with E-state index in [0.717, 1.165) is 17.9 Å². The van der Waals surface area contributed by atoms with Gasteiger partial charge in [-0.3, -0.25) is 4.98 Å². The molecule has 0 aliphatic heterocycles. The van der Waals surface area contributed by atoms with E-state index in [1.54, 1.807) is 6.20 Å². The zero-order chi connectivity index (χ0) is 10.4. The van der Waals surface area contributed by atoms with Crippen molar-refractivity contribution < 1.29 is 5.11 Å². The van der Waals surface area contributed by atoms with Gasteiger partial charge in [0, 0.05) is 25.8 Å². The Balaban J connectivity index is 2.90. The second-order valence-corrected chi connectivity index (χ2v) is 2.98. The number of aliphatic hydroxyl groups excluding tert-OH is 1. The SMILES string of the molecule is CCN(CCO)c1cccnc1CN. The summed E-state index contributed by atoms with van der Waals surface area (Å²) in [5.41, 5.74) is 7.49. The van der Waals surface area contributed by atoms with Crippen molar-refractivity contribution in [1.29, 1.82) is 0 Å². The first-order chi connectivity index (χ1) is 6.83. The molecule has 14 heavy (non-hydrogen) atoms. The van der Waals surface area contributed by atoms with Gasteiger partial charge in [0.15, 0.2) is 0 Å². The Morgan fingerprint density at radius 2 is 2.36 bits per heavy atom. The predicted octanol–water partition coefficient (Wildman–Crippen LogP) is 0.359. The van der Waals surface area contributed by atoms with Crippen LogP contribution < -0.4 is 10.6 Å². The number of anilines is 1. The molecule has 0 aromatic carbocycles. The van der Waals surface area contributed by atoms with E-state index in [0.29, 0.717) is 13.1 Å². The quantitative estimate of drug-likeness (QED) is 0.712. The van der Waals surface area contributed by atoms with Crippen molar-refractivity contribution in [1.82, 2.24) is 4.98 Å². The van der Waals surface area contributed by atoms with Crippen LogP contribution in [0.3, 0.4) is 0 Å². The number of nitrogens with zero attached hydrogens (tertiary/aromatic N) is 2. The molecule has 0 saturated heterocycles. The Kier molecular flexibility index (Phi) is 4.35. The summed E-state index contributed by atoms with van der Waals surface area (Å²) in [7, 11) is 0. The highest BCUT2D eigenvalue weighted by atomic mass is 16.3. The minimum Gasteiger partial charge on any atom is -0.395 e. The van der Waals surface area contributed by atoms with Gasteiger partial charge >= 0.3 is 0 Å². The van der Waals surface area contributed by atoms with Gasteiger partial charge in [-0.25, -0.2) is 0 Å². The molecule has 0 fully saturated rings. The van der Waals surface area contributed by atoms with Gasteiger partial charge in [-0.2, -0.15) is 0 Å². The van der Waals surface area contributed by atoms with E-state index < -0.39 is 0 Å². The molecule has 1 heterocycles.